The molecule has 0 bridgehead atoms. The molecule has 0 saturated heterocycles. The number of aromatic amines is 1. The van der Waals surface area contributed by atoms with Crippen molar-refractivity contribution in [3.8, 4) is 17.7 Å². The van der Waals surface area contributed by atoms with E-state index in [0.717, 1.165) is 36.0 Å². The molecule has 0 aliphatic heterocycles. The minimum absolute atomic E-state index is 0.0265. The number of fused-ring (bicyclic) bond motifs is 1. The lowest BCUT2D eigenvalue weighted by molar-refractivity contribution is -0.115. The first-order chi connectivity index (χ1) is 17.4. The summed E-state index contributed by atoms with van der Waals surface area (Å²) in [5, 5.41) is 23.1. The van der Waals surface area contributed by atoms with Crippen LogP contribution >= 0.6 is 0 Å². The number of aliphatic imine (C=N–C) groups is 1. The van der Waals surface area contributed by atoms with Gasteiger partial charge in [0.05, 0.1) is 29.1 Å². The first-order valence-corrected chi connectivity index (χ1v) is 11.9. The SMILES string of the molecule is CN(C)Cc1ccc(N=C(C2=CCCC=C2)c2c(O)[nH]c3cc(C#CC(=O)NCCO)ccc23)cc1. The summed E-state index contributed by atoms with van der Waals surface area (Å²) in [4.78, 5) is 21.9. The number of amides is 1. The summed E-state index contributed by atoms with van der Waals surface area (Å²) in [7, 11) is 4.07. The fourth-order valence-electron chi connectivity index (χ4n) is 4.07. The number of carbonyl (C=O) groups is 1. The molecule has 3 aromatic rings. The highest BCUT2D eigenvalue weighted by atomic mass is 16.3. The van der Waals surface area contributed by atoms with Crippen LogP contribution in [0.1, 0.15) is 29.5 Å². The first-order valence-electron chi connectivity index (χ1n) is 11.9. The Morgan fingerprint density at radius 1 is 1.17 bits per heavy atom. The van der Waals surface area contributed by atoms with Gasteiger partial charge in [0.1, 0.15) is 0 Å². The molecular weight excluding hydrogens is 452 g/mol. The molecular formula is C29H30N4O3. The zero-order valence-electron chi connectivity index (χ0n) is 20.5. The average Bonchev–Trinajstić information content (AvgIpc) is 3.20. The lowest BCUT2D eigenvalue weighted by atomic mass is 9.96. The predicted octanol–water partition coefficient (Wildman–Crippen LogP) is 3.79. The maximum absolute atomic E-state index is 11.7. The molecule has 1 aromatic heterocycles. The lowest BCUT2D eigenvalue weighted by Crippen LogP contribution is -2.24. The van der Waals surface area contributed by atoms with Crippen LogP contribution in [-0.2, 0) is 11.3 Å². The Morgan fingerprint density at radius 2 is 1.97 bits per heavy atom. The van der Waals surface area contributed by atoms with E-state index < -0.39 is 5.91 Å². The largest absolute Gasteiger partial charge is 0.494 e. The summed E-state index contributed by atoms with van der Waals surface area (Å²) in [5.74, 6) is 4.90. The van der Waals surface area contributed by atoms with Gasteiger partial charge < -0.3 is 25.4 Å². The van der Waals surface area contributed by atoms with Gasteiger partial charge >= 0.3 is 0 Å². The monoisotopic (exact) mass is 482 g/mol. The zero-order valence-corrected chi connectivity index (χ0v) is 20.5. The molecule has 1 heterocycles. The fourth-order valence-corrected chi connectivity index (χ4v) is 4.07. The smallest absolute Gasteiger partial charge is 0.296 e. The Bertz CT molecular complexity index is 1400. The van der Waals surface area contributed by atoms with E-state index in [1.54, 1.807) is 6.07 Å². The molecule has 0 unspecified atom stereocenters. The third-order valence-electron chi connectivity index (χ3n) is 5.68. The number of carbonyl (C=O) groups excluding carboxylic acids is 1. The van der Waals surface area contributed by atoms with Crippen LogP contribution < -0.4 is 5.32 Å². The van der Waals surface area contributed by atoms with E-state index in [0.29, 0.717) is 22.4 Å². The van der Waals surface area contributed by atoms with Crippen LogP contribution in [0, 0.1) is 11.8 Å². The highest BCUT2D eigenvalue weighted by molar-refractivity contribution is 6.23. The Morgan fingerprint density at radius 3 is 2.67 bits per heavy atom. The molecule has 0 atom stereocenters. The highest BCUT2D eigenvalue weighted by Gasteiger charge is 2.20. The van der Waals surface area contributed by atoms with Crippen LogP contribution in [-0.4, -0.2) is 59.0 Å². The van der Waals surface area contributed by atoms with E-state index in [-0.39, 0.29) is 19.0 Å². The summed E-state index contributed by atoms with van der Waals surface area (Å²) >= 11 is 0. The van der Waals surface area contributed by atoms with Gasteiger partial charge in [-0.25, -0.2) is 4.99 Å². The molecule has 4 rings (SSSR count). The number of hydrogen-bond donors (Lipinski definition) is 4. The van der Waals surface area contributed by atoms with Crippen molar-refractivity contribution in [3.63, 3.8) is 0 Å². The first kappa shape index (κ1) is 25.0. The number of nitrogens with one attached hydrogen (secondary N) is 2. The van der Waals surface area contributed by atoms with Crippen LogP contribution in [0.3, 0.4) is 0 Å². The van der Waals surface area contributed by atoms with Gasteiger partial charge in [0.25, 0.3) is 5.91 Å². The molecule has 0 radical (unpaired) electrons. The van der Waals surface area contributed by atoms with Gasteiger partial charge in [0, 0.05) is 30.0 Å². The van der Waals surface area contributed by atoms with Crippen molar-refractivity contribution in [2.24, 2.45) is 4.99 Å². The molecule has 1 aliphatic rings. The van der Waals surface area contributed by atoms with Crippen molar-refractivity contribution in [3.05, 3.63) is 83.0 Å². The van der Waals surface area contributed by atoms with Gasteiger partial charge in [0.2, 0.25) is 0 Å². The molecule has 0 spiro atoms. The molecule has 184 valence electrons. The maximum atomic E-state index is 11.7. The number of aliphatic hydroxyl groups is 1. The summed E-state index contributed by atoms with van der Waals surface area (Å²) in [6.45, 7) is 0.868. The van der Waals surface area contributed by atoms with Crippen LogP contribution in [0.5, 0.6) is 5.88 Å². The maximum Gasteiger partial charge on any atom is 0.296 e. The van der Waals surface area contributed by atoms with E-state index in [9.17, 15) is 9.90 Å². The van der Waals surface area contributed by atoms with Crippen LogP contribution in [0.4, 0.5) is 5.69 Å². The van der Waals surface area contributed by atoms with Crippen molar-refractivity contribution in [1.82, 2.24) is 15.2 Å². The van der Waals surface area contributed by atoms with Crippen molar-refractivity contribution in [1.29, 1.82) is 0 Å². The summed E-state index contributed by atoms with van der Waals surface area (Å²) in [6, 6.07) is 13.6. The van der Waals surface area contributed by atoms with Crippen molar-refractivity contribution >= 4 is 28.2 Å². The van der Waals surface area contributed by atoms with Crippen molar-refractivity contribution in [2.75, 3.05) is 27.2 Å². The Labute approximate surface area is 210 Å². The number of aromatic nitrogens is 1. The van der Waals surface area contributed by atoms with Gasteiger partial charge in [-0.2, -0.15) is 0 Å². The number of rotatable bonds is 7. The van der Waals surface area contributed by atoms with Crippen LogP contribution in [0.2, 0.25) is 0 Å². The second kappa shape index (κ2) is 11.5. The zero-order chi connectivity index (χ0) is 25.5. The average molecular weight is 483 g/mol. The van der Waals surface area contributed by atoms with E-state index in [4.69, 9.17) is 10.1 Å². The lowest BCUT2D eigenvalue weighted by Gasteiger charge is -2.12. The summed E-state index contributed by atoms with van der Waals surface area (Å²) in [6.07, 6.45) is 8.19. The van der Waals surface area contributed by atoms with Gasteiger partial charge in [-0.05, 0) is 62.3 Å². The molecule has 1 aliphatic carbocycles. The van der Waals surface area contributed by atoms with Gasteiger partial charge in [-0.15, -0.1) is 0 Å². The number of aromatic hydroxyl groups is 1. The molecule has 2 aromatic carbocycles. The van der Waals surface area contributed by atoms with E-state index in [1.165, 1.54) is 5.56 Å². The standard InChI is InChI=1S/C29H30N4O3/c1-33(2)19-21-8-12-23(13-9-21)31-28(22-6-4-3-5-7-22)27-24-14-10-20(18-25(24)32-29(27)36)11-15-26(35)30-16-17-34/h4,6-10,12-14,18,32,34,36H,3,5,16-17,19H2,1-2H3,(H,30,35). The van der Waals surface area contributed by atoms with Crippen molar-refractivity contribution in [2.45, 2.75) is 19.4 Å². The third-order valence-corrected chi connectivity index (χ3v) is 5.68. The topological polar surface area (TPSA) is 101 Å². The second-order valence-corrected chi connectivity index (χ2v) is 8.84. The normalized spacial score (nSPS) is 13.4. The Kier molecular flexibility index (Phi) is 8.01. The second-order valence-electron chi connectivity index (χ2n) is 8.84. The Hall–Kier alpha value is -4.12. The van der Waals surface area contributed by atoms with Crippen molar-refractivity contribution < 1.29 is 15.0 Å². The highest BCUT2D eigenvalue weighted by Crippen LogP contribution is 2.33. The Balaban J connectivity index is 1.73. The van der Waals surface area contributed by atoms with Gasteiger partial charge in [0.15, 0.2) is 5.88 Å². The fraction of sp³-hybridized carbons (Fsp3) is 0.241. The molecule has 0 fully saturated rings. The molecule has 7 heteroatoms. The number of nitrogens with zero attached hydrogens (tertiary/aromatic N) is 2. The number of aliphatic hydroxyl groups excluding tert-OH is 1. The van der Waals surface area contributed by atoms with Gasteiger partial charge in [-0.1, -0.05) is 42.3 Å². The summed E-state index contributed by atoms with van der Waals surface area (Å²) in [5.41, 5.74) is 5.60. The van der Waals surface area contributed by atoms with Gasteiger partial charge in [-0.3, -0.25) is 4.79 Å². The number of benzene rings is 2. The molecule has 7 nitrogen and oxygen atoms in total. The van der Waals surface area contributed by atoms with E-state index in [2.05, 4.69) is 51.3 Å². The quantitative estimate of drug-likeness (QED) is 0.304. The number of allylic oxidation sites excluding steroid dienone is 4. The predicted molar refractivity (Wildman–Crippen MR) is 143 cm³/mol. The van der Waals surface area contributed by atoms with E-state index >= 15 is 0 Å². The molecule has 36 heavy (non-hydrogen) atoms. The van der Waals surface area contributed by atoms with Crippen LogP contribution in [0.25, 0.3) is 10.9 Å². The minimum Gasteiger partial charge on any atom is -0.494 e. The summed E-state index contributed by atoms with van der Waals surface area (Å²) < 4.78 is 0. The molecule has 1 amide bonds. The molecule has 0 saturated carbocycles. The number of hydrogen-bond acceptors (Lipinski definition) is 5. The third kappa shape index (κ3) is 6.11. The minimum atomic E-state index is -0.457. The van der Waals surface area contributed by atoms with Crippen LogP contribution in [0.15, 0.2) is 71.3 Å². The number of H-pyrrole nitrogens is 1. The van der Waals surface area contributed by atoms with E-state index in [1.807, 2.05) is 44.4 Å². The molecule has 4 N–H and O–H groups in total.